The van der Waals surface area contributed by atoms with Crippen LogP contribution in [0.1, 0.15) is 24.6 Å². The van der Waals surface area contributed by atoms with E-state index in [1.165, 1.54) is 12.8 Å². The molecule has 4 heteroatoms. The summed E-state index contributed by atoms with van der Waals surface area (Å²) < 4.78 is 0. The summed E-state index contributed by atoms with van der Waals surface area (Å²) in [6, 6.07) is 3.72. The van der Waals surface area contributed by atoms with E-state index in [-0.39, 0.29) is 0 Å². The van der Waals surface area contributed by atoms with Crippen molar-refractivity contribution in [2.45, 2.75) is 18.8 Å². The molecular weight excluding hydrogens is 164 g/mol. The van der Waals surface area contributed by atoms with Crippen LogP contribution in [0, 0.1) is 0 Å². The maximum absolute atomic E-state index is 5.56. The average molecular weight is 174 g/mol. The van der Waals surface area contributed by atoms with Crippen molar-refractivity contribution in [2.75, 3.05) is 5.73 Å². The molecule has 2 aromatic heterocycles. The number of nitrogens with two attached hydrogens (primary N) is 1. The van der Waals surface area contributed by atoms with Gasteiger partial charge in [0.05, 0.1) is 5.52 Å². The lowest BCUT2D eigenvalue weighted by Gasteiger charge is -1.88. The van der Waals surface area contributed by atoms with Gasteiger partial charge in [-0.2, -0.15) is 0 Å². The summed E-state index contributed by atoms with van der Waals surface area (Å²) in [6.07, 6.45) is 2.49. The van der Waals surface area contributed by atoms with Crippen molar-refractivity contribution in [3.8, 4) is 0 Å². The van der Waals surface area contributed by atoms with Gasteiger partial charge in [-0.05, 0) is 25.0 Å². The predicted octanol–water partition coefficient (Wildman–Crippen LogP) is 1.42. The Hall–Kier alpha value is -1.58. The summed E-state index contributed by atoms with van der Waals surface area (Å²) in [7, 11) is 0. The second kappa shape index (κ2) is 2.22. The van der Waals surface area contributed by atoms with Crippen molar-refractivity contribution in [3.63, 3.8) is 0 Å². The summed E-state index contributed by atoms with van der Waals surface area (Å²) in [5, 5.41) is 0. The first-order valence-electron chi connectivity index (χ1n) is 4.45. The molecule has 3 N–H and O–H groups in total. The number of hydrogen-bond donors (Lipinski definition) is 2. The SMILES string of the molecule is Nc1ccc2[nH]c(C3CC3)nc2n1. The lowest BCUT2D eigenvalue weighted by Crippen LogP contribution is -1.88. The highest BCUT2D eigenvalue weighted by Gasteiger charge is 2.26. The number of nitrogens with one attached hydrogen (secondary N) is 1. The Labute approximate surface area is 75.2 Å². The Bertz CT molecular complexity index is 456. The second-order valence-corrected chi connectivity index (χ2v) is 3.50. The zero-order valence-electron chi connectivity index (χ0n) is 7.12. The first kappa shape index (κ1) is 6.88. The number of H-pyrrole nitrogens is 1. The van der Waals surface area contributed by atoms with Crippen LogP contribution in [-0.4, -0.2) is 15.0 Å². The maximum Gasteiger partial charge on any atom is 0.179 e. The number of rotatable bonds is 1. The molecule has 0 amide bonds. The van der Waals surface area contributed by atoms with Crippen molar-refractivity contribution in [2.24, 2.45) is 0 Å². The molecule has 66 valence electrons. The molecule has 0 unspecified atom stereocenters. The molecule has 1 fully saturated rings. The standard InChI is InChI=1S/C9H10N4/c10-7-4-3-6-9(12-7)13-8(11-6)5-1-2-5/h3-5H,1-2H2,(H3,10,11,12,13). The number of nitrogens with zero attached hydrogens (tertiary/aromatic N) is 2. The van der Waals surface area contributed by atoms with E-state index in [0.29, 0.717) is 11.7 Å². The third-order valence-corrected chi connectivity index (χ3v) is 2.35. The fourth-order valence-electron chi connectivity index (χ4n) is 1.48. The van der Waals surface area contributed by atoms with Gasteiger partial charge >= 0.3 is 0 Å². The fraction of sp³-hybridized carbons (Fsp3) is 0.333. The summed E-state index contributed by atoms with van der Waals surface area (Å²) in [5.74, 6) is 2.23. The number of fused-ring (bicyclic) bond motifs is 1. The quantitative estimate of drug-likeness (QED) is 0.687. The zero-order chi connectivity index (χ0) is 8.84. The van der Waals surface area contributed by atoms with Crippen LogP contribution >= 0.6 is 0 Å². The van der Waals surface area contributed by atoms with Crippen LogP contribution in [0.2, 0.25) is 0 Å². The summed E-state index contributed by atoms with van der Waals surface area (Å²) in [5.41, 5.74) is 7.28. The Balaban J connectivity index is 2.20. The highest BCUT2D eigenvalue weighted by atomic mass is 15.0. The van der Waals surface area contributed by atoms with Gasteiger partial charge in [-0.15, -0.1) is 0 Å². The van der Waals surface area contributed by atoms with Crippen LogP contribution in [0.25, 0.3) is 11.2 Å². The Kier molecular flexibility index (Phi) is 1.17. The van der Waals surface area contributed by atoms with E-state index in [0.717, 1.165) is 17.0 Å². The molecule has 0 spiro atoms. The molecule has 1 aliphatic carbocycles. The molecule has 0 aliphatic heterocycles. The summed E-state index contributed by atoms with van der Waals surface area (Å²) in [4.78, 5) is 11.8. The van der Waals surface area contributed by atoms with Crippen LogP contribution in [0.3, 0.4) is 0 Å². The number of hydrogen-bond acceptors (Lipinski definition) is 3. The van der Waals surface area contributed by atoms with E-state index in [9.17, 15) is 0 Å². The van der Waals surface area contributed by atoms with Gasteiger partial charge in [0, 0.05) is 5.92 Å². The first-order valence-corrected chi connectivity index (χ1v) is 4.45. The third kappa shape index (κ3) is 1.06. The monoisotopic (exact) mass is 174 g/mol. The summed E-state index contributed by atoms with van der Waals surface area (Å²) in [6.45, 7) is 0. The van der Waals surface area contributed by atoms with Crippen molar-refractivity contribution in [3.05, 3.63) is 18.0 Å². The topological polar surface area (TPSA) is 67.6 Å². The van der Waals surface area contributed by atoms with Gasteiger partial charge < -0.3 is 10.7 Å². The van der Waals surface area contributed by atoms with Gasteiger partial charge in [-0.1, -0.05) is 0 Å². The van der Waals surface area contributed by atoms with Crippen LogP contribution < -0.4 is 5.73 Å². The summed E-state index contributed by atoms with van der Waals surface area (Å²) >= 11 is 0. The van der Waals surface area contributed by atoms with Gasteiger partial charge in [0.15, 0.2) is 5.65 Å². The molecule has 0 aromatic carbocycles. The Morgan fingerprint density at radius 1 is 1.31 bits per heavy atom. The van der Waals surface area contributed by atoms with E-state index in [1.807, 2.05) is 6.07 Å². The number of aromatic nitrogens is 3. The molecule has 13 heavy (non-hydrogen) atoms. The molecule has 0 bridgehead atoms. The van der Waals surface area contributed by atoms with Crippen molar-refractivity contribution in [1.82, 2.24) is 15.0 Å². The molecular formula is C9H10N4. The van der Waals surface area contributed by atoms with Crippen LogP contribution in [0.4, 0.5) is 5.82 Å². The lowest BCUT2D eigenvalue weighted by molar-refractivity contribution is 0.984. The number of pyridine rings is 1. The highest BCUT2D eigenvalue weighted by molar-refractivity contribution is 5.72. The van der Waals surface area contributed by atoms with Crippen molar-refractivity contribution < 1.29 is 0 Å². The van der Waals surface area contributed by atoms with Crippen molar-refractivity contribution >= 4 is 17.0 Å². The smallest absolute Gasteiger partial charge is 0.179 e. The highest BCUT2D eigenvalue weighted by Crippen LogP contribution is 2.38. The number of imidazole rings is 1. The third-order valence-electron chi connectivity index (χ3n) is 2.35. The Morgan fingerprint density at radius 2 is 2.15 bits per heavy atom. The van der Waals surface area contributed by atoms with Crippen LogP contribution in [-0.2, 0) is 0 Å². The van der Waals surface area contributed by atoms with Crippen LogP contribution in [0.15, 0.2) is 12.1 Å². The van der Waals surface area contributed by atoms with Gasteiger partial charge in [-0.3, -0.25) is 0 Å². The molecule has 1 saturated carbocycles. The molecule has 2 aromatic rings. The number of anilines is 1. The van der Waals surface area contributed by atoms with E-state index < -0.39 is 0 Å². The van der Waals surface area contributed by atoms with E-state index >= 15 is 0 Å². The minimum absolute atomic E-state index is 0.529. The predicted molar refractivity (Wildman–Crippen MR) is 50.3 cm³/mol. The van der Waals surface area contributed by atoms with E-state index in [2.05, 4.69) is 15.0 Å². The minimum atomic E-state index is 0.529. The molecule has 0 atom stereocenters. The number of nitrogen functional groups attached to an aromatic ring is 1. The van der Waals surface area contributed by atoms with Gasteiger partial charge in [-0.25, -0.2) is 9.97 Å². The molecule has 0 saturated heterocycles. The van der Waals surface area contributed by atoms with Crippen molar-refractivity contribution in [1.29, 1.82) is 0 Å². The normalized spacial score (nSPS) is 16.6. The van der Waals surface area contributed by atoms with Crippen LogP contribution in [0.5, 0.6) is 0 Å². The maximum atomic E-state index is 5.56. The molecule has 4 nitrogen and oxygen atoms in total. The van der Waals surface area contributed by atoms with Gasteiger partial charge in [0.25, 0.3) is 0 Å². The molecule has 2 heterocycles. The van der Waals surface area contributed by atoms with E-state index in [4.69, 9.17) is 5.73 Å². The van der Waals surface area contributed by atoms with E-state index in [1.54, 1.807) is 6.07 Å². The molecule has 1 aliphatic rings. The average Bonchev–Trinajstić information content (AvgIpc) is 2.87. The fourth-order valence-corrected chi connectivity index (χ4v) is 1.48. The molecule has 3 rings (SSSR count). The Morgan fingerprint density at radius 3 is 2.92 bits per heavy atom. The largest absolute Gasteiger partial charge is 0.384 e. The minimum Gasteiger partial charge on any atom is -0.384 e. The lowest BCUT2D eigenvalue weighted by atomic mass is 10.4. The van der Waals surface area contributed by atoms with Gasteiger partial charge in [0.1, 0.15) is 11.6 Å². The van der Waals surface area contributed by atoms with Gasteiger partial charge in [0.2, 0.25) is 0 Å². The number of aromatic amines is 1. The zero-order valence-corrected chi connectivity index (χ0v) is 7.12. The molecule has 0 radical (unpaired) electrons. The first-order chi connectivity index (χ1) is 6.33. The second-order valence-electron chi connectivity index (χ2n) is 3.50.